The molecule has 0 spiro atoms. The van der Waals surface area contributed by atoms with Gasteiger partial charge in [-0.15, -0.1) is 0 Å². The molecule has 47 heavy (non-hydrogen) atoms. The summed E-state index contributed by atoms with van der Waals surface area (Å²) in [5.41, 5.74) is 2.43. The van der Waals surface area contributed by atoms with Crippen LogP contribution in [0, 0.1) is 0 Å². The highest BCUT2D eigenvalue weighted by Gasteiger charge is 2.21. The maximum atomic E-state index is 13.1. The zero-order valence-corrected chi connectivity index (χ0v) is 27.0. The van der Waals surface area contributed by atoms with Crippen molar-refractivity contribution in [1.82, 2.24) is 19.9 Å². The number of pyridine rings is 3. The van der Waals surface area contributed by atoms with Gasteiger partial charge in [0.05, 0.1) is 50.7 Å². The Kier molecular flexibility index (Phi) is 11.2. The third-order valence-electron chi connectivity index (χ3n) is 8.59. The van der Waals surface area contributed by atoms with E-state index < -0.39 is 0 Å². The first-order chi connectivity index (χ1) is 23.1. The lowest BCUT2D eigenvalue weighted by atomic mass is 10.1. The Morgan fingerprint density at radius 3 is 2.64 bits per heavy atom. The lowest BCUT2D eigenvalue weighted by Gasteiger charge is -2.32. The fourth-order valence-electron chi connectivity index (χ4n) is 6.03. The van der Waals surface area contributed by atoms with E-state index in [0.29, 0.717) is 52.4 Å². The third-order valence-corrected chi connectivity index (χ3v) is 8.59. The van der Waals surface area contributed by atoms with Crippen LogP contribution in [0.2, 0.25) is 0 Å². The number of Topliss-reactive ketones (excluding diaryl/α,β-unsaturated/α-hetero) is 1. The van der Waals surface area contributed by atoms with Crippen molar-refractivity contribution in [3.8, 4) is 17.2 Å². The number of aliphatic hydroxyl groups is 1. The summed E-state index contributed by atoms with van der Waals surface area (Å²) in [5.74, 6) is 2.46. The molecule has 0 amide bonds. The summed E-state index contributed by atoms with van der Waals surface area (Å²) in [4.78, 5) is 31.4. The zero-order chi connectivity index (χ0) is 32.4. The molecule has 1 aromatic carbocycles. The average Bonchev–Trinajstić information content (AvgIpc) is 3.11. The van der Waals surface area contributed by atoms with Gasteiger partial charge in [0.15, 0.2) is 5.78 Å². The quantitative estimate of drug-likeness (QED) is 0.150. The molecule has 0 saturated carbocycles. The first-order valence-electron chi connectivity index (χ1n) is 16.5. The van der Waals surface area contributed by atoms with E-state index in [0.717, 1.165) is 83.0 Å². The standard InChI is InChI=1S/C36H43N5O6/c1-2-45-28-10-14-41(15-11-28)36-6-3-5-31(39-36)33(43)22-27-7-8-29(24-38-27)47-34-9-12-37-32-23-35(26(25-42)21-30(32)34)46-18-4-13-40-16-19-44-20-17-40/h3,5-9,12,21,23-24,28,42H,2,4,10-11,13-20,22,25H2,1H3. The summed E-state index contributed by atoms with van der Waals surface area (Å²) in [7, 11) is 0. The monoisotopic (exact) mass is 641 g/mol. The number of ketones is 1. The van der Waals surface area contributed by atoms with Gasteiger partial charge in [-0.1, -0.05) is 6.07 Å². The molecule has 0 atom stereocenters. The molecule has 2 fully saturated rings. The van der Waals surface area contributed by atoms with Crippen molar-refractivity contribution in [2.75, 3.05) is 64.1 Å². The Balaban J connectivity index is 1.06. The molecule has 0 radical (unpaired) electrons. The molecule has 0 bridgehead atoms. The van der Waals surface area contributed by atoms with E-state index in [9.17, 15) is 9.90 Å². The topological polar surface area (TPSA) is 119 Å². The number of aliphatic hydroxyl groups excluding tert-OH is 1. The van der Waals surface area contributed by atoms with Gasteiger partial charge in [-0.2, -0.15) is 0 Å². The number of carbonyl (C=O) groups excluding carboxylic acids is 1. The first-order valence-corrected chi connectivity index (χ1v) is 16.5. The van der Waals surface area contributed by atoms with Crippen LogP contribution >= 0.6 is 0 Å². The number of rotatable bonds is 14. The van der Waals surface area contributed by atoms with Gasteiger partial charge in [-0.05, 0) is 62.6 Å². The Bertz CT molecular complexity index is 1620. The van der Waals surface area contributed by atoms with Gasteiger partial charge in [0.25, 0.3) is 0 Å². The van der Waals surface area contributed by atoms with Crippen molar-refractivity contribution in [1.29, 1.82) is 0 Å². The Hall–Kier alpha value is -4.16. The van der Waals surface area contributed by atoms with Gasteiger partial charge in [-0.25, -0.2) is 4.98 Å². The van der Waals surface area contributed by atoms with E-state index in [1.807, 2.05) is 31.2 Å². The number of ether oxygens (including phenoxy) is 4. The summed E-state index contributed by atoms with van der Waals surface area (Å²) in [6.45, 7) is 9.24. The Morgan fingerprint density at radius 2 is 1.87 bits per heavy atom. The Labute approximate surface area is 275 Å². The molecule has 4 aromatic rings. The molecule has 11 heteroatoms. The molecule has 248 valence electrons. The highest BCUT2D eigenvalue weighted by atomic mass is 16.5. The fourth-order valence-corrected chi connectivity index (χ4v) is 6.03. The molecule has 1 N–H and O–H groups in total. The molecule has 0 aliphatic carbocycles. The van der Waals surface area contributed by atoms with Crippen LogP contribution in [0.25, 0.3) is 10.9 Å². The highest BCUT2D eigenvalue weighted by Crippen LogP contribution is 2.33. The summed E-state index contributed by atoms with van der Waals surface area (Å²) in [6.07, 6.45) is 6.51. The number of carbonyl (C=O) groups is 1. The van der Waals surface area contributed by atoms with Crippen LogP contribution in [-0.2, 0) is 22.5 Å². The second-order valence-corrected chi connectivity index (χ2v) is 11.8. The van der Waals surface area contributed by atoms with Gasteiger partial charge >= 0.3 is 0 Å². The molecule has 6 rings (SSSR count). The second-order valence-electron chi connectivity index (χ2n) is 11.8. The van der Waals surface area contributed by atoms with E-state index in [-0.39, 0.29) is 18.8 Å². The number of nitrogens with zero attached hydrogens (tertiary/aromatic N) is 5. The van der Waals surface area contributed by atoms with Crippen LogP contribution in [0.1, 0.15) is 47.9 Å². The van der Waals surface area contributed by atoms with Gasteiger partial charge in [0, 0.05) is 68.2 Å². The first kappa shape index (κ1) is 32.8. The van der Waals surface area contributed by atoms with Crippen LogP contribution < -0.4 is 14.4 Å². The zero-order valence-electron chi connectivity index (χ0n) is 27.0. The van der Waals surface area contributed by atoms with Gasteiger partial charge in [0.2, 0.25) is 0 Å². The predicted octanol–water partition coefficient (Wildman–Crippen LogP) is 4.84. The van der Waals surface area contributed by atoms with E-state index >= 15 is 0 Å². The number of benzene rings is 1. The summed E-state index contributed by atoms with van der Waals surface area (Å²) < 4.78 is 23.4. The van der Waals surface area contributed by atoms with Crippen molar-refractivity contribution in [3.63, 3.8) is 0 Å². The third kappa shape index (κ3) is 8.61. The lowest BCUT2D eigenvalue weighted by Crippen LogP contribution is -2.37. The SMILES string of the molecule is CCOC1CCN(c2cccc(C(=O)Cc3ccc(Oc4ccnc5cc(OCCCN6CCOCC6)c(CO)cc45)cn3)n2)CC1. The molecular weight excluding hydrogens is 598 g/mol. The molecule has 2 aliphatic rings. The minimum absolute atomic E-state index is 0.0898. The Morgan fingerprint density at radius 1 is 1.02 bits per heavy atom. The van der Waals surface area contributed by atoms with Crippen LogP contribution in [0.4, 0.5) is 5.82 Å². The molecule has 5 heterocycles. The number of anilines is 1. The minimum atomic E-state index is -0.169. The number of piperidine rings is 1. The molecule has 0 unspecified atom stereocenters. The van der Waals surface area contributed by atoms with Gasteiger partial charge in [-0.3, -0.25) is 19.7 Å². The number of hydrogen-bond donors (Lipinski definition) is 1. The summed E-state index contributed by atoms with van der Waals surface area (Å²) in [6, 6.07) is 14.7. The summed E-state index contributed by atoms with van der Waals surface area (Å²) >= 11 is 0. The number of hydrogen-bond acceptors (Lipinski definition) is 11. The molecular formula is C36H43N5O6. The van der Waals surface area contributed by atoms with Crippen LogP contribution in [0.15, 0.2) is 60.9 Å². The van der Waals surface area contributed by atoms with Crippen LogP contribution in [0.3, 0.4) is 0 Å². The normalized spacial score (nSPS) is 16.0. The van der Waals surface area contributed by atoms with E-state index in [1.165, 1.54) is 0 Å². The van der Waals surface area contributed by atoms with Crippen LogP contribution in [0.5, 0.6) is 17.2 Å². The van der Waals surface area contributed by atoms with Gasteiger partial charge in [0.1, 0.15) is 28.8 Å². The van der Waals surface area contributed by atoms with E-state index in [4.69, 9.17) is 18.9 Å². The average molecular weight is 642 g/mol. The van der Waals surface area contributed by atoms with Gasteiger partial charge < -0.3 is 29.0 Å². The lowest BCUT2D eigenvalue weighted by molar-refractivity contribution is 0.0357. The van der Waals surface area contributed by atoms with Crippen molar-refractivity contribution in [2.45, 2.75) is 45.3 Å². The van der Waals surface area contributed by atoms with Crippen molar-refractivity contribution >= 4 is 22.5 Å². The van der Waals surface area contributed by atoms with Crippen molar-refractivity contribution < 1.29 is 28.8 Å². The highest BCUT2D eigenvalue weighted by molar-refractivity contribution is 5.95. The molecule has 2 aliphatic heterocycles. The largest absolute Gasteiger partial charge is 0.493 e. The van der Waals surface area contributed by atoms with E-state index in [2.05, 4.69) is 24.8 Å². The molecule has 11 nitrogen and oxygen atoms in total. The maximum absolute atomic E-state index is 13.1. The number of aromatic nitrogens is 3. The molecule has 2 saturated heterocycles. The minimum Gasteiger partial charge on any atom is -0.493 e. The maximum Gasteiger partial charge on any atom is 0.187 e. The van der Waals surface area contributed by atoms with Crippen molar-refractivity contribution in [3.05, 3.63) is 77.9 Å². The second kappa shape index (κ2) is 16.1. The number of fused-ring (bicyclic) bond motifs is 1. The van der Waals surface area contributed by atoms with E-state index in [1.54, 1.807) is 36.7 Å². The van der Waals surface area contributed by atoms with Crippen molar-refractivity contribution in [2.24, 2.45) is 0 Å². The summed E-state index contributed by atoms with van der Waals surface area (Å²) in [5, 5.41) is 10.9. The predicted molar refractivity (Wildman–Crippen MR) is 178 cm³/mol. The fraction of sp³-hybridized carbons (Fsp3) is 0.444. The number of morpholine rings is 1. The smallest absolute Gasteiger partial charge is 0.187 e. The molecule has 3 aromatic heterocycles. The van der Waals surface area contributed by atoms with Crippen LogP contribution in [-0.4, -0.2) is 96.0 Å².